The highest BCUT2D eigenvalue weighted by Crippen LogP contribution is 2.11. The second-order valence-electron chi connectivity index (χ2n) is 2.47. The van der Waals surface area contributed by atoms with E-state index in [-0.39, 0.29) is 0 Å². The first kappa shape index (κ1) is 6.24. The van der Waals surface area contributed by atoms with Crippen molar-refractivity contribution in [3.63, 3.8) is 0 Å². The van der Waals surface area contributed by atoms with Gasteiger partial charge in [-0.15, -0.1) is 0 Å². The molecule has 0 fully saturated rings. The summed E-state index contributed by atoms with van der Waals surface area (Å²) in [5, 5.41) is 0. The molecule has 10 heavy (non-hydrogen) atoms. The summed E-state index contributed by atoms with van der Waals surface area (Å²) in [6.45, 7) is 2.93. The van der Waals surface area contributed by atoms with E-state index in [2.05, 4.69) is 22.4 Å². The number of hydrogen-bond acceptors (Lipinski definition) is 3. The first-order valence-electron chi connectivity index (χ1n) is 3.29. The number of rotatable bonds is 0. The third kappa shape index (κ3) is 0.932. The van der Waals surface area contributed by atoms with Crippen LogP contribution in [-0.2, 0) is 13.1 Å². The molecule has 0 saturated carbocycles. The van der Waals surface area contributed by atoms with Crippen LogP contribution in [0.2, 0.25) is 0 Å². The summed E-state index contributed by atoms with van der Waals surface area (Å²) in [6, 6.07) is 0. The van der Waals surface area contributed by atoms with Gasteiger partial charge in [0.2, 0.25) is 0 Å². The molecule has 1 aromatic rings. The van der Waals surface area contributed by atoms with Crippen LogP contribution in [-0.4, -0.2) is 20.4 Å². The minimum Gasteiger partial charge on any atom is -0.332 e. The second kappa shape index (κ2) is 2.29. The molecule has 0 spiro atoms. The predicted molar refractivity (Wildman–Crippen MR) is 41.6 cm³/mol. The Morgan fingerprint density at radius 3 is 3.30 bits per heavy atom. The first-order valence-corrected chi connectivity index (χ1v) is 3.69. The zero-order valence-electron chi connectivity index (χ0n) is 5.56. The Morgan fingerprint density at radius 1 is 1.50 bits per heavy atom. The highest BCUT2D eigenvalue weighted by atomic mass is 32.1. The van der Waals surface area contributed by atoms with Gasteiger partial charge in [-0.2, -0.15) is 0 Å². The van der Waals surface area contributed by atoms with Crippen LogP contribution in [0.15, 0.2) is 12.5 Å². The van der Waals surface area contributed by atoms with E-state index in [1.807, 2.05) is 16.8 Å². The number of nitrogens with zero attached hydrogens (tertiary/aromatic N) is 3. The average molecular weight is 155 g/mol. The van der Waals surface area contributed by atoms with Gasteiger partial charge in [0.25, 0.3) is 0 Å². The van der Waals surface area contributed by atoms with Crippen LogP contribution in [0.25, 0.3) is 0 Å². The van der Waals surface area contributed by atoms with Crippen LogP contribution in [0.4, 0.5) is 0 Å². The highest BCUT2D eigenvalue weighted by molar-refractivity contribution is 7.77. The number of hydrogen-bond donors (Lipinski definition) is 1. The molecule has 0 unspecified atom stereocenters. The van der Waals surface area contributed by atoms with Gasteiger partial charge in [-0.25, -0.2) is 9.29 Å². The van der Waals surface area contributed by atoms with Crippen LogP contribution >= 0.6 is 12.8 Å². The van der Waals surface area contributed by atoms with Gasteiger partial charge in [0.15, 0.2) is 0 Å². The van der Waals surface area contributed by atoms with E-state index in [1.165, 1.54) is 5.69 Å². The van der Waals surface area contributed by atoms with E-state index in [4.69, 9.17) is 0 Å². The van der Waals surface area contributed by atoms with Crippen molar-refractivity contribution in [1.29, 1.82) is 0 Å². The zero-order chi connectivity index (χ0) is 6.97. The van der Waals surface area contributed by atoms with Crippen LogP contribution < -0.4 is 0 Å². The SMILES string of the molecule is SN1CCn2cncc2C1. The van der Waals surface area contributed by atoms with E-state index in [1.54, 1.807) is 0 Å². The van der Waals surface area contributed by atoms with E-state index < -0.39 is 0 Å². The zero-order valence-corrected chi connectivity index (χ0v) is 6.46. The van der Waals surface area contributed by atoms with Gasteiger partial charge in [-0.3, -0.25) is 0 Å². The minimum atomic E-state index is 0.906. The van der Waals surface area contributed by atoms with Crippen LogP contribution in [0.1, 0.15) is 5.69 Å². The predicted octanol–water partition coefficient (Wildman–Crippen LogP) is 0.543. The van der Waals surface area contributed by atoms with Crippen molar-refractivity contribution in [2.45, 2.75) is 13.1 Å². The Labute approximate surface area is 65.2 Å². The van der Waals surface area contributed by atoms with E-state index >= 15 is 0 Å². The summed E-state index contributed by atoms with van der Waals surface area (Å²) in [5.74, 6) is 0. The lowest BCUT2D eigenvalue weighted by Crippen LogP contribution is -2.25. The van der Waals surface area contributed by atoms with E-state index in [0.717, 1.165) is 19.6 Å². The molecule has 0 amide bonds. The molecule has 54 valence electrons. The molecular formula is C6H9N3S. The van der Waals surface area contributed by atoms with Gasteiger partial charge in [0.1, 0.15) is 0 Å². The Kier molecular flexibility index (Phi) is 1.43. The van der Waals surface area contributed by atoms with Crippen LogP contribution in [0, 0.1) is 0 Å². The monoisotopic (exact) mass is 155 g/mol. The Bertz CT molecular complexity index is 233. The summed E-state index contributed by atoms with van der Waals surface area (Å²) >= 11 is 4.25. The molecule has 0 N–H and O–H groups in total. The summed E-state index contributed by atoms with van der Waals surface area (Å²) in [7, 11) is 0. The Morgan fingerprint density at radius 2 is 2.40 bits per heavy atom. The quantitative estimate of drug-likeness (QED) is 0.552. The van der Waals surface area contributed by atoms with Gasteiger partial charge in [-0.05, 0) is 0 Å². The summed E-state index contributed by atoms with van der Waals surface area (Å²) in [4.78, 5) is 4.04. The summed E-state index contributed by atoms with van der Waals surface area (Å²) < 4.78 is 4.16. The van der Waals surface area contributed by atoms with Gasteiger partial charge in [0.05, 0.1) is 18.6 Å². The molecule has 1 aliphatic heterocycles. The summed E-state index contributed by atoms with van der Waals surface area (Å²) in [5.41, 5.74) is 1.25. The molecule has 0 bridgehead atoms. The van der Waals surface area contributed by atoms with Crippen molar-refractivity contribution in [3.8, 4) is 0 Å². The van der Waals surface area contributed by atoms with Crippen molar-refractivity contribution in [1.82, 2.24) is 13.9 Å². The van der Waals surface area contributed by atoms with Gasteiger partial charge in [0, 0.05) is 19.3 Å². The fourth-order valence-corrected chi connectivity index (χ4v) is 1.40. The average Bonchev–Trinajstić information content (AvgIpc) is 2.33. The normalized spacial score (nSPS) is 18.9. The molecule has 0 saturated heterocycles. The number of thiol groups is 1. The first-order chi connectivity index (χ1) is 4.86. The second-order valence-corrected chi connectivity index (χ2v) is 3.03. The van der Waals surface area contributed by atoms with E-state index in [0.29, 0.717) is 0 Å². The molecule has 0 aliphatic carbocycles. The van der Waals surface area contributed by atoms with Crippen molar-refractivity contribution in [2.24, 2.45) is 0 Å². The molecule has 3 nitrogen and oxygen atoms in total. The summed E-state index contributed by atoms with van der Waals surface area (Å²) in [6.07, 6.45) is 3.76. The molecular weight excluding hydrogens is 146 g/mol. The van der Waals surface area contributed by atoms with Crippen molar-refractivity contribution < 1.29 is 0 Å². The maximum absolute atomic E-state index is 4.25. The molecule has 0 radical (unpaired) electrons. The Hall–Kier alpha value is -0.480. The molecule has 2 heterocycles. The van der Waals surface area contributed by atoms with Crippen molar-refractivity contribution in [2.75, 3.05) is 6.54 Å². The lowest BCUT2D eigenvalue weighted by Gasteiger charge is -2.22. The fourth-order valence-electron chi connectivity index (χ4n) is 1.17. The van der Waals surface area contributed by atoms with Crippen molar-refractivity contribution >= 4 is 12.8 Å². The smallest absolute Gasteiger partial charge is 0.0949 e. The largest absolute Gasteiger partial charge is 0.332 e. The number of fused-ring (bicyclic) bond motifs is 1. The lowest BCUT2D eigenvalue weighted by atomic mass is 10.4. The standard InChI is InChI=1S/C6H9N3S/c10-9-2-1-8-5-7-3-6(8)4-9/h3,5,10H,1-2,4H2. The van der Waals surface area contributed by atoms with Crippen LogP contribution in [0.5, 0.6) is 0 Å². The molecule has 1 aliphatic rings. The topological polar surface area (TPSA) is 21.1 Å². The van der Waals surface area contributed by atoms with Crippen LogP contribution in [0.3, 0.4) is 0 Å². The van der Waals surface area contributed by atoms with E-state index in [9.17, 15) is 0 Å². The fraction of sp³-hybridized carbons (Fsp3) is 0.500. The number of imidazole rings is 1. The van der Waals surface area contributed by atoms with Gasteiger partial charge >= 0.3 is 0 Å². The molecule has 0 aromatic carbocycles. The van der Waals surface area contributed by atoms with Crippen molar-refractivity contribution in [3.05, 3.63) is 18.2 Å². The Balaban J connectivity index is 2.30. The minimum absolute atomic E-state index is 0.906. The third-order valence-electron chi connectivity index (χ3n) is 1.74. The number of aromatic nitrogens is 2. The molecule has 1 aromatic heterocycles. The lowest BCUT2D eigenvalue weighted by molar-refractivity contribution is 0.380. The molecule has 4 heteroatoms. The van der Waals surface area contributed by atoms with Gasteiger partial charge < -0.3 is 4.57 Å². The highest BCUT2D eigenvalue weighted by Gasteiger charge is 2.11. The maximum Gasteiger partial charge on any atom is 0.0949 e. The molecule has 2 rings (SSSR count). The maximum atomic E-state index is 4.25. The van der Waals surface area contributed by atoms with Gasteiger partial charge in [-0.1, -0.05) is 12.8 Å². The third-order valence-corrected chi connectivity index (χ3v) is 2.08. The molecule has 0 atom stereocenters.